The Hall–Kier alpha value is -0.860. The van der Waals surface area contributed by atoms with Gasteiger partial charge in [-0.05, 0) is 33.1 Å². The van der Waals surface area contributed by atoms with Crippen LogP contribution in [-0.2, 0) is 6.42 Å². The van der Waals surface area contributed by atoms with Crippen LogP contribution in [0.1, 0.15) is 22.3 Å². The van der Waals surface area contributed by atoms with Crippen molar-refractivity contribution < 1.29 is 4.79 Å². The van der Waals surface area contributed by atoms with E-state index in [0.29, 0.717) is 12.2 Å². The Bertz CT molecular complexity index is 320. The number of nitrogens with zero attached hydrogens (tertiary/aromatic N) is 1. The van der Waals surface area contributed by atoms with E-state index in [1.54, 1.807) is 0 Å². The number of hydrogen-bond acceptors (Lipinski definition) is 2. The molecule has 0 N–H and O–H groups in total. The van der Waals surface area contributed by atoms with Crippen LogP contribution in [0.15, 0.2) is 24.3 Å². The van der Waals surface area contributed by atoms with Gasteiger partial charge in [0.05, 0.1) is 0 Å². The zero-order valence-corrected chi connectivity index (χ0v) is 10.3. The second-order valence-corrected chi connectivity index (χ2v) is 3.92. The summed E-state index contributed by atoms with van der Waals surface area (Å²) in [6.07, 6.45) is 1.65. The van der Waals surface area contributed by atoms with Crippen LogP contribution in [-0.4, -0.2) is 31.8 Å². The highest BCUT2D eigenvalue weighted by Gasteiger charge is 2.17. The van der Waals surface area contributed by atoms with E-state index in [2.05, 4.69) is 0 Å². The van der Waals surface area contributed by atoms with E-state index < -0.39 is 0 Å². The molecule has 0 spiro atoms. The SMILES string of the molecule is CN(C)C.Cl.O=C1CCc2ccccc21. The van der Waals surface area contributed by atoms with Crippen LogP contribution in [0.2, 0.25) is 0 Å². The molecular weight excluding hydrogens is 210 g/mol. The number of carbonyl (C=O) groups is 1. The normalized spacial score (nSPS) is 12.7. The zero-order valence-electron chi connectivity index (χ0n) is 9.49. The van der Waals surface area contributed by atoms with Gasteiger partial charge in [-0.25, -0.2) is 0 Å². The predicted molar refractivity (Wildman–Crippen MR) is 66.0 cm³/mol. The summed E-state index contributed by atoms with van der Waals surface area (Å²) in [4.78, 5) is 13.1. The number of benzene rings is 1. The van der Waals surface area contributed by atoms with Gasteiger partial charge in [0.15, 0.2) is 5.78 Å². The second kappa shape index (κ2) is 6.59. The molecule has 0 aliphatic heterocycles. The molecule has 0 aromatic heterocycles. The lowest BCUT2D eigenvalue weighted by Gasteiger charge is -1.92. The fourth-order valence-electron chi connectivity index (χ4n) is 1.39. The van der Waals surface area contributed by atoms with E-state index in [-0.39, 0.29) is 12.4 Å². The van der Waals surface area contributed by atoms with Crippen LogP contribution in [0, 0.1) is 0 Å². The van der Waals surface area contributed by atoms with E-state index in [1.165, 1.54) is 5.56 Å². The lowest BCUT2D eigenvalue weighted by molar-refractivity contribution is 0.0994. The standard InChI is InChI=1S/C9H8O.C3H9N.ClH/c10-9-6-5-7-3-1-2-4-8(7)9;1-4(2)3;/h1-4H,5-6H2;1-3H3;1H. The second-order valence-electron chi connectivity index (χ2n) is 3.92. The highest BCUT2D eigenvalue weighted by atomic mass is 35.5. The number of Topliss-reactive ketones (excluding diaryl/α,β-unsaturated/α-hetero) is 1. The van der Waals surface area contributed by atoms with Crippen molar-refractivity contribution in [1.82, 2.24) is 4.90 Å². The summed E-state index contributed by atoms with van der Waals surface area (Å²) >= 11 is 0. The molecule has 0 unspecified atom stereocenters. The van der Waals surface area contributed by atoms with Crippen molar-refractivity contribution in [2.75, 3.05) is 21.1 Å². The Morgan fingerprint density at radius 1 is 1.07 bits per heavy atom. The minimum absolute atomic E-state index is 0. The van der Waals surface area contributed by atoms with E-state index in [1.807, 2.05) is 50.3 Å². The average molecular weight is 228 g/mol. The molecule has 0 bridgehead atoms. The van der Waals surface area contributed by atoms with Crippen LogP contribution >= 0.6 is 12.4 Å². The molecule has 0 amide bonds. The lowest BCUT2D eigenvalue weighted by Crippen LogP contribution is -1.99. The summed E-state index contributed by atoms with van der Waals surface area (Å²) in [5.41, 5.74) is 2.15. The third-order valence-electron chi connectivity index (χ3n) is 1.94. The van der Waals surface area contributed by atoms with Gasteiger partial charge in [-0.1, -0.05) is 24.3 Å². The molecule has 0 atom stereocenters. The number of hydrogen-bond donors (Lipinski definition) is 0. The summed E-state index contributed by atoms with van der Waals surface area (Å²) in [6.45, 7) is 0. The van der Waals surface area contributed by atoms with E-state index in [9.17, 15) is 4.79 Å². The number of carbonyl (C=O) groups excluding carboxylic acids is 1. The Balaban J connectivity index is 0.000000346. The van der Waals surface area contributed by atoms with Gasteiger partial charge in [-0.3, -0.25) is 4.79 Å². The van der Waals surface area contributed by atoms with Crippen LogP contribution < -0.4 is 0 Å². The third-order valence-corrected chi connectivity index (χ3v) is 1.94. The Labute approximate surface area is 97.7 Å². The molecule has 0 saturated heterocycles. The minimum atomic E-state index is 0. The molecule has 15 heavy (non-hydrogen) atoms. The summed E-state index contributed by atoms with van der Waals surface area (Å²) in [5.74, 6) is 0.301. The fourth-order valence-corrected chi connectivity index (χ4v) is 1.39. The first kappa shape index (κ1) is 14.1. The van der Waals surface area contributed by atoms with Crippen molar-refractivity contribution >= 4 is 18.2 Å². The number of fused-ring (bicyclic) bond motifs is 1. The Kier molecular flexibility index (Phi) is 6.21. The first-order valence-electron chi connectivity index (χ1n) is 4.83. The Morgan fingerprint density at radius 2 is 1.60 bits per heavy atom. The maximum Gasteiger partial charge on any atom is 0.163 e. The molecule has 1 aromatic rings. The lowest BCUT2D eigenvalue weighted by atomic mass is 10.1. The van der Waals surface area contributed by atoms with Crippen LogP contribution in [0.5, 0.6) is 0 Å². The topological polar surface area (TPSA) is 20.3 Å². The monoisotopic (exact) mass is 227 g/mol. The molecule has 0 heterocycles. The van der Waals surface area contributed by atoms with E-state index in [0.717, 1.165) is 12.0 Å². The molecule has 0 saturated carbocycles. The molecule has 1 aliphatic carbocycles. The predicted octanol–water partition coefficient (Wildman–Crippen LogP) is 2.42. The number of halogens is 1. The van der Waals surface area contributed by atoms with Gasteiger partial charge < -0.3 is 4.90 Å². The molecule has 0 fully saturated rings. The summed E-state index contributed by atoms with van der Waals surface area (Å²) < 4.78 is 0. The third kappa shape index (κ3) is 4.45. The first-order chi connectivity index (χ1) is 6.61. The zero-order chi connectivity index (χ0) is 10.6. The summed E-state index contributed by atoms with van der Waals surface area (Å²) in [6, 6.07) is 7.84. The molecule has 1 aromatic carbocycles. The number of rotatable bonds is 0. The molecular formula is C12H18ClNO. The van der Waals surface area contributed by atoms with Gasteiger partial charge in [0.1, 0.15) is 0 Å². The maximum atomic E-state index is 11.1. The quantitative estimate of drug-likeness (QED) is 0.679. The largest absolute Gasteiger partial charge is 0.312 e. The van der Waals surface area contributed by atoms with Gasteiger partial charge in [0.25, 0.3) is 0 Å². The first-order valence-corrected chi connectivity index (χ1v) is 4.83. The van der Waals surface area contributed by atoms with Crippen LogP contribution in [0.3, 0.4) is 0 Å². The van der Waals surface area contributed by atoms with Gasteiger partial charge in [0.2, 0.25) is 0 Å². The van der Waals surface area contributed by atoms with Crippen LogP contribution in [0.4, 0.5) is 0 Å². The van der Waals surface area contributed by atoms with E-state index >= 15 is 0 Å². The van der Waals surface area contributed by atoms with E-state index in [4.69, 9.17) is 0 Å². The fraction of sp³-hybridized carbons (Fsp3) is 0.417. The number of aryl methyl sites for hydroxylation is 1. The Morgan fingerprint density at radius 3 is 2.13 bits per heavy atom. The summed E-state index contributed by atoms with van der Waals surface area (Å²) in [7, 11) is 6.00. The van der Waals surface area contributed by atoms with Crippen molar-refractivity contribution in [3.63, 3.8) is 0 Å². The van der Waals surface area contributed by atoms with Crippen molar-refractivity contribution in [3.8, 4) is 0 Å². The maximum absolute atomic E-state index is 11.1. The molecule has 2 rings (SSSR count). The minimum Gasteiger partial charge on any atom is -0.312 e. The van der Waals surface area contributed by atoms with Crippen molar-refractivity contribution in [2.45, 2.75) is 12.8 Å². The van der Waals surface area contributed by atoms with Gasteiger partial charge in [-0.2, -0.15) is 0 Å². The average Bonchev–Trinajstić information content (AvgIpc) is 2.48. The summed E-state index contributed by atoms with van der Waals surface area (Å²) in [5, 5.41) is 0. The van der Waals surface area contributed by atoms with Gasteiger partial charge in [-0.15, -0.1) is 12.4 Å². The smallest absolute Gasteiger partial charge is 0.163 e. The highest BCUT2D eigenvalue weighted by Crippen LogP contribution is 2.20. The van der Waals surface area contributed by atoms with Crippen molar-refractivity contribution in [1.29, 1.82) is 0 Å². The molecule has 84 valence electrons. The van der Waals surface area contributed by atoms with Gasteiger partial charge in [0, 0.05) is 12.0 Å². The van der Waals surface area contributed by atoms with Crippen molar-refractivity contribution in [3.05, 3.63) is 35.4 Å². The van der Waals surface area contributed by atoms with Crippen molar-refractivity contribution in [2.24, 2.45) is 0 Å². The molecule has 0 radical (unpaired) electrons. The molecule has 1 aliphatic rings. The molecule has 2 nitrogen and oxygen atoms in total. The van der Waals surface area contributed by atoms with Gasteiger partial charge >= 0.3 is 0 Å². The highest BCUT2D eigenvalue weighted by molar-refractivity contribution is 6.00. The van der Waals surface area contributed by atoms with Crippen LogP contribution in [0.25, 0.3) is 0 Å². The number of ketones is 1. The molecule has 3 heteroatoms.